The van der Waals surface area contributed by atoms with Crippen LogP contribution in [-0.2, 0) is 9.59 Å². The molecule has 2 unspecified atom stereocenters. The van der Waals surface area contributed by atoms with Gasteiger partial charge in [-0.3, -0.25) is 4.79 Å². The monoisotopic (exact) mass is 307 g/mol. The van der Waals surface area contributed by atoms with Crippen LogP contribution in [0.15, 0.2) is 0 Å². The SMILES string of the molecule is O=C(O)C1CC(C2CCCCC2)CCN1C(=O)C(F)(F)F. The van der Waals surface area contributed by atoms with Crippen LogP contribution in [0.4, 0.5) is 13.2 Å². The minimum Gasteiger partial charge on any atom is -0.480 e. The second-order valence-electron chi connectivity index (χ2n) is 6.03. The molecule has 0 spiro atoms. The van der Waals surface area contributed by atoms with Crippen molar-refractivity contribution in [3.8, 4) is 0 Å². The smallest absolute Gasteiger partial charge is 0.471 e. The first-order valence-electron chi connectivity index (χ1n) is 7.41. The van der Waals surface area contributed by atoms with Gasteiger partial charge in [-0.05, 0) is 24.7 Å². The molecule has 2 atom stereocenters. The van der Waals surface area contributed by atoms with Crippen molar-refractivity contribution in [3.05, 3.63) is 0 Å². The largest absolute Gasteiger partial charge is 0.480 e. The molecule has 1 aliphatic carbocycles. The minimum absolute atomic E-state index is 0.115. The molecular formula is C14H20F3NO3. The summed E-state index contributed by atoms with van der Waals surface area (Å²) in [7, 11) is 0. The van der Waals surface area contributed by atoms with Crippen LogP contribution in [0.25, 0.3) is 0 Å². The summed E-state index contributed by atoms with van der Waals surface area (Å²) >= 11 is 0. The number of hydrogen-bond donors (Lipinski definition) is 1. The van der Waals surface area contributed by atoms with E-state index in [4.69, 9.17) is 0 Å². The fraction of sp³-hybridized carbons (Fsp3) is 0.857. The number of hydrogen-bond acceptors (Lipinski definition) is 2. The van der Waals surface area contributed by atoms with Crippen LogP contribution < -0.4 is 0 Å². The van der Waals surface area contributed by atoms with Crippen LogP contribution >= 0.6 is 0 Å². The van der Waals surface area contributed by atoms with Gasteiger partial charge in [-0.15, -0.1) is 0 Å². The number of likely N-dealkylation sites (tertiary alicyclic amines) is 1. The van der Waals surface area contributed by atoms with Crippen LogP contribution in [0, 0.1) is 11.8 Å². The summed E-state index contributed by atoms with van der Waals surface area (Å²) in [4.78, 5) is 23.1. The fourth-order valence-corrected chi connectivity index (χ4v) is 3.67. The summed E-state index contributed by atoms with van der Waals surface area (Å²) in [5.41, 5.74) is 0. The van der Waals surface area contributed by atoms with E-state index in [0.29, 0.717) is 17.2 Å². The van der Waals surface area contributed by atoms with E-state index in [-0.39, 0.29) is 18.9 Å². The molecule has 2 aliphatic rings. The van der Waals surface area contributed by atoms with Gasteiger partial charge in [-0.2, -0.15) is 13.2 Å². The summed E-state index contributed by atoms with van der Waals surface area (Å²) < 4.78 is 37.6. The third-order valence-corrected chi connectivity index (χ3v) is 4.75. The van der Waals surface area contributed by atoms with Crippen LogP contribution in [0.3, 0.4) is 0 Å². The average Bonchev–Trinajstić information content (AvgIpc) is 2.45. The zero-order valence-electron chi connectivity index (χ0n) is 11.7. The number of halogens is 3. The Balaban J connectivity index is 2.07. The molecule has 1 N–H and O–H groups in total. The molecule has 0 radical (unpaired) electrons. The molecule has 1 heterocycles. The first-order valence-corrected chi connectivity index (χ1v) is 7.41. The van der Waals surface area contributed by atoms with Gasteiger partial charge in [0.2, 0.25) is 0 Å². The highest BCUT2D eigenvalue weighted by Crippen LogP contribution is 2.38. The number of nitrogens with zero attached hydrogens (tertiary/aromatic N) is 1. The summed E-state index contributed by atoms with van der Waals surface area (Å²) in [6.45, 7) is -0.115. The van der Waals surface area contributed by atoms with E-state index in [1.54, 1.807) is 0 Å². The molecule has 0 aromatic rings. The number of amides is 1. The van der Waals surface area contributed by atoms with E-state index in [9.17, 15) is 27.9 Å². The van der Waals surface area contributed by atoms with Crippen molar-refractivity contribution < 1.29 is 27.9 Å². The van der Waals surface area contributed by atoms with Gasteiger partial charge >= 0.3 is 18.1 Å². The summed E-state index contributed by atoms with van der Waals surface area (Å²) in [6, 6.07) is -1.35. The van der Waals surface area contributed by atoms with Gasteiger partial charge in [-0.25, -0.2) is 4.79 Å². The van der Waals surface area contributed by atoms with Crippen molar-refractivity contribution in [2.45, 2.75) is 57.2 Å². The highest BCUT2D eigenvalue weighted by atomic mass is 19.4. The molecule has 2 fully saturated rings. The molecule has 0 bridgehead atoms. The molecule has 0 aromatic carbocycles. The number of carbonyl (C=O) groups excluding carboxylic acids is 1. The molecule has 21 heavy (non-hydrogen) atoms. The Hall–Kier alpha value is -1.27. The number of carboxylic acids is 1. The van der Waals surface area contributed by atoms with Crippen molar-refractivity contribution >= 4 is 11.9 Å². The molecule has 2 rings (SSSR count). The van der Waals surface area contributed by atoms with Gasteiger partial charge in [0.15, 0.2) is 0 Å². The molecule has 1 amide bonds. The number of alkyl halides is 3. The minimum atomic E-state index is -5.01. The summed E-state index contributed by atoms with van der Waals surface area (Å²) in [5, 5.41) is 9.18. The summed E-state index contributed by atoms with van der Waals surface area (Å²) in [5.74, 6) is -2.86. The molecule has 120 valence electrons. The third-order valence-electron chi connectivity index (χ3n) is 4.75. The zero-order chi connectivity index (χ0) is 15.6. The van der Waals surface area contributed by atoms with Crippen LogP contribution in [0.2, 0.25) is 0 Å². The molecule has 1 saturated carbocycles. The molecule has 0 aromatic heterocycles. The Labute approximate surface area is 121 Å². The van der Waals surface area contributed by atoms with Gasteiger partial charge in [0, 0.05) is 6.54 Å². The Morgan fingerprint density at radius 2 is 1.62 bits per heavy atom. The van der Waals surface area contributed by atoms with Gasteiger partial charge in [-0.1, -0.05) is 32.1 Å². The van der Waals surface area contributed by atoms with E-state index in [2.05, 4.69) is 0 Å². The number of carboxylic acid groups (broad SMARTS) is 1. The van der Waals surface area contributed by atoms with E-state index in [1.165, 1.54) is 6.42 Å². The van der Waals surface area contributed by atoms with Crippen molar-refractivity contribution in [2.24, 2.45) is 11.8 Å². The van der Waals surface area contributed by atoms with Gasteiger partial charge in [0.1, 0.15) is 6.04 Å². The first-order chi connectivity index (χ1) is 9.80. The zero-order valence-corrected chi connectivity index (χ0v) is 11.7. The van der Waals surface area contributed by atoms with E-state index < -0.39 is 24.1 Å². The van der Waals surface area contributed by atoms with Crippen LogP contribution in [0.5, 0.6) is 0 Å². The lowest BCUT2D eigenvalue weighted by molar-refractivity contribution is -0.192. The highest BCUT2D eigenvalue weighted by molar-refractivity contribution is 5.87. The Morgan fingerprint density at radius 3 is 2.14 bits per heavy atom. The topological polar surface area (TPSA) is 57.6 Å². The molecule has 1 aliphatic heterocycles. The molecule has 7 heteroatoms. The lowest BCUT2D eigenvalue weighted by Crippen LogP contribution is -2.54. The van der Waals surface area contributed by atoms with Crippen molar-refractivity contribution in [3.63, 3.8) is 0 Å². The number of carbonyl (C=O) groups is 2. The van der Waals surface area contributed by atoms with E-state index in [1.807, 2.05) is 0 Å². The lowest BCUT2D eigenvalue weighted by atomic mass is 9.74. The first kappa shape index (κ1) is 16.1. The Kier molecular flexibility index (Phi) is 4.78. The fourth-order valence-electron chi connectivity index (χ4n) is 3.67. The van der Waals surface area contributed by atoms with Crippen molar-refractivity contribution in [2.75, 3.05) is 6.54 Å². The summed E-state index contributed by atoms with van der Waals surface area (Å²) in [6.07, 6.45) is 1.01. The van der Waals surface area contributed by atoms with E-state index in [0.717, 1.165) is 25.7 Å². The normalized spacial score (nSPS) is 28.4. The van der Waals surface area contributed by atoms with Gasteiger partial charge in [0.05, 0.1) is 0 Å². The quantitative estimate of drug-likeness (QED) is 0.853. The van der Waals surface area contributed by atoms with Crippen LogP contribution in [-0.4, -0.2) is 40.6 Å². The predicted molar refractivity (Wildman–Crippen MR) is 68.5 cm³/mol. The predicted octanol–water partition coefficient (Wildman–Crippen LogP) is 2.82. The second-order valence-corrected chi connectivity index (χ2v) is 6.03. The average molecular weight is 307 g/mol. The van der Waals surface area contributed by atoms with Crippen molar-refractivity contribution in [1.29, 1.82) is 0 Å². The lowest BCUT2D eigenvalue weighted by Gasteiger charge is -2.41. The Bertz CT molecular complexity index is 405. The molecule has 4 nitrogen and oxygen atoms in total. The van der Waals surface area contributed by atoms with Gasteiger partial charge in [0.25, 0.3) is 0 Å². The molecular weight excluding hydrogens is 287 g/mol. The number of aliphatic carboxylic acids is 1. The van der Waals surface area contributed by atoms with E-state index >= 15 is 0 Å². The maximum Gasteiger partial charge on any atom is 0.471 e. The number of rotatable bonds is 2. The number of piperidine rings is 1. The third kappa shape index (κ3) is 3.68. The Morgan fingerprint density at radius 1 is 1.00 bits per heavy atom. The molecule has 1 saturated heterocycles. The van der Waals surface area contributed by atoms with Gasteiger partial charge < -0.3 is 10.0 Å². The standard InChI is InChI=1S/C14H20F3NO3/c15-14(16,17)13(21)18-7-6-10(8-11(18)12(19)20)9-4-2-1-3-5-9/h9-11H,1-8H2,(H,19,20). The highest BCUT2D eigenvalue weighted by Gasteiger charge is 2.48. The van der Waals surface area contributed by atoms with Crippen molar-refractivity contribution in [1.82, 2.24) is 4.90 Å². The maximum absolute atomic E-state index is 12.5. The van der Waals surface area contributed by atoms with Crippen LogP contribution in [0.1, 0.15) is 44.9 Å². The second kappa shape index (κ2) is 6.23. The maximum atomic E-state index is 12.5.